The van der Waals surface area contributed by atoms with Crippen molar-refractivity contribution in [1.82, 2.24) is 24.5 Å². The second-order valence-corrected chi connectivity index (χ2v) is 3.64. The number of hydrogen-bond acceptors (Lipinski definition) is 5. The number of amides is 1. The van der Waals surface area contributed by atoms with Crippen LogP contribution in [0.15, 0.2) is 12.4 Å². The highest BCUT2D eigenvalue weighted by atomic mass is 16.2. The number of aromatic nitrogens is 5. The Balaban J connectivity index is 2.00. The number of aryl methyl sites for hydroxylation is 2. The van der Waals surface area contributed by atoms with E-state index in [1.165, 1.54) is 11.0 Å². The molecule has 0 saturated carbocycles. The molecular formula is C9H13N7O. The van der Waals surface area contributed by atoms with Crippen molar-refractivity contribution >= 4 is 17.7 Å². The fraction of sp³-hybridized carbons (Fsp3) is 0.333. The quantitative estimate of drug-likeness (QED) is 0.749. The molecule has 2 rings (SSSR count). The van der Waals surface area contributed by atoms with Gasteiger partial charge in [-0.3, -0.25) is 9.48 Å². The minimum atomic E-state index is -0.210. The maximum Gasteiger partial charge on any atom is 0.247 e. The van der Waals surface area contributed by atoms with E-state index in [4.69, 9.17) is 5.73 Å². The fourth-order valence-corrected chi connectivity index (χ4v) is 1.44. The van der Waals surface area contributed by atoms with Crippen molar-refractivity contribution in [2.24, 2.45) is 7.05 Å². The second-order valence-electron chi connectivity index (χ2n) is 3.64. The van der Waals surface area contributed by atoms with Crippen molar-refractivity contribution < 1.29 is 4.79 Å². The van der Waals surface area contributed by atoms with Crippen LogP contribution >= 0.6 is 0 Å². The second kappa shape index (κ2) is 4.24. The molecule has 0 atom stereocenters. The van der Waals surface area contributed by atoms with Crippen molar-refractivity contribution in [3.05, 3.63) is 18.1 Å². The number of nitrogen functional groups attached to an aromatic ring is 1. The van der Waals surface area contributed by atoms with Crippen LogP contribution in [-0.4, -0.2) is 30.5 Å². The molecule has 3 N–H and O–H groups in total. The van der Waals surface area contributed by atoms with E-state index >= 15 is 0 Å². The van der Waals surface area contributed by atoms with E-state index in [9.17, 15) is 4.79 Å². The number of nitrogens with zero attached hydrogens (tertiary/aromatic N) is 5. The summed E-state index contributed by atoms with van der Waals surface area (Å²) in [5.41, 5.74) is 6.19. The van der Waals surface area contributed by atoms with Crippen LogP contribution in [0.25, 0.3) is 0 Å². The Hall–Kier alpha value is -2.38. The van der Waals surface area contributed by atoms with Gasteiger partial charge in [0, 0.05) is 13.1 Å². The Kier molecular flexibility index (Phi) is 2.77. The highest BCUT2D eigenvalue weighted by Crippen LogP contribution is 2.07. The molecular weight excluding hydrogens is 222 g/mol. The molecule has 0 spiro atoms. The van der Waals surface area contributed by atoms with Gasteiger partial charge in [0.05, 0.1) is 5.69 Å². The third-order valence-electron chi connectivity index (χ3n) is 2.13. The molecule has 0 fully saturated rings. The van der Waals surface area contributed by atoms with Crippen molar-refractivity contribution in [1.29, 1.82) is 0 Å². The summed E-state index contributed by atoms with van der Waals surface area (Å²) in [6.45, 7) is 1.92. The Bertz CT molecular complexity index is 541. The van der Waals surface area contributed by atoms with Gasteiger partial charge in [-0.2, -0.15) is 5.10 Å². The maximum atomic E-state index is 11.7. The number of rotatable bonds is 3. The number of carbonyl (C=O) groups is 1. The summed E-state index contributed by atoms with van der Waals surface area (Å²) in [6, 6.07) is 1.79. The summed E-state index contributed by atoms with van der Waals surface area (Å²) >= 11 is 0. The number of nitrogens with two attached hydrogens (primary N) is 1. The van der Waals surface area contributed by atoms with Crippen LogP contribution in [0.4, 0.5) is 11.8 Å². The molecule has 0 aliphatic heterocycles. The molecule has 0 radical (unpaired) electrons. The summed E-state index contributed by atoms with van der Waals surface area (Å²) in [4.78, 5) is 15.4. The first kappa shape index (κ1) is 11.1. The molecule has 2 aromatic rings. The molecule has 0 aliphatic carbocycles. The Labute approximate surface area is 97.4 Å². The normalized spacial score (nSPS) is 10.5. The van der Waals surface area contributed by atoms with Crippen molar-refractivity contribution in [3.63, 3.8) is 0 Å². The third kappa shape index (κ3) is 2.60. The first-order valence-electron chi connectivity index (χ1n) is 5.00. The van der Waals surface area contributed by atoms with Crippen LogP contribution in [0.3, 0.4) is 0 Å². The molecule has 8 heteroatoms. The van der Waals surface area contributed by atoms with Gasteiger partial charge < -0.3 is 11.1 Å². The first-order chi connectivity index (χ1) is 8.04. The zero-order valence-electron chi connectivity index (χ0n) is 9.58. The molecule has 8 nitrogen and oxygen atoms in total. The van der Waals surface area contributed by atoms with Crippen LogP contribution in [0.5, 0.6) is 0 Å². The summed E-state index contributed by atoms with van der Waals surface area (Å²) in [7, 11) is 1.76. The van der Waals surface area contributed by atoms with Gasteiger partial charge in [-0.05, 0) is 6.92 Å². The Morgan fingerprint density at radius 1 is 1.53 bits per heavy atom. The van der Waals surface area contributed by atoms with Crippen LogP contribution in [0, 0.1) is 6.92 Å². The fourth-order valence-electron chi connectivity index (χ4n) is 1.44. The van der Waals surface area contributed by atoms with Crippen LogP contribution in [0.2, 0.25) is 0 Å². The lowest BCUT2D eigenvalue weighted by molar-refractivity contribution is -0.116. The summed E-state index contributed by atoms with van der Waals surface area (Å²) in [5, 5.41) is 10.7. The van der Waals surface area contributed by atoms with Crippen molar-refractivity contribution in [2.45, 2.75) is 13.5 Å². The molecule has 2 aromatic heterocycles. The standard InChI is InChI=1S/C9H13N7O/c1-6-3-7(15(2)13-6)12-8(17)4-16-5-11-9(10)14-16/h3,5H,4H2,1-2H3,(H2,10,14)(H,12,17). The molecule has 2 heterocycles. The average molecular weight is 235 g/mol. The zero-order chi connectivity index (χ0) is 12.4. The molecule has 0 saturated heterocycles. The maximum absolute atomic E-state index is 11.7. The largest absolute Gasteiger partial charge is 0.367 e. The van der Waals surface area contributed by atoms with E-state index < -0.39 is 0 Å². The molecule has 90 valence electrons. The summed E-state index contributed by atoms with van der Waals surface area (Å²) in [5.74, 6) is 0.577. The van der Waals surface area contributed by atoms with Gasteiger partial charge >= 0.3 is 0 Å². The van der Waals surface area contributed by atoms with Gasteiger partial charge in [0.2, 0.25) is 11.9 Å². The molecule has 1 amide bonds. The van der Waals surface area contributed by atoms with Gasteiger partial charge in [-0.25, -0.2) is 9.67 Å². The predicted molar refractivity (Wildman–Crippen MR) is 61.0 cm³/mol. The number of nitrogens with one attached hydrogen (secondary N) is 1. The van der Waals surface area contributed by atoms with E-state index in [-0.39, 0.29) is 18.4 Å². The highest BCUT2D eigenvalue weighted by molar-refractivity contribution is 5.89. The van der Waals surface area contributed by atoms with Gasteiger partial charge in [-0.1, -0.05) is 0 Å². The van der Waals surface area contributed by atoms with E-state index in [0.29, 0.717) is 5.82 Å². The smallest absolute Gasteiger partial charge is 0.247 e. The van der Waals surface area contributed by atoms with Crippen molar-refractivity contribution in [3.8, 4) is 0 Å². The van der Waals surface area contributed by atoms with E-state index in [1.807, 2.05) is 6.92 Å². The predicted octanol–water partition coefficient (Wildman–Crippen LogP) is -0.459. The molecule has 17 heavy (non-hydrogen) atoms. The Morgan fingerprint density at radius 3 is 2.82 bits per heavy atom. The minimum Gasteiger partial charge on any atom is -0.367 e. The third-order valence-corrected chi connectivity index (χ3v) is 2.13. The van der Waals surface area contributed by atoms with Gasteiger partial charge in [0.1, 0.15) is 18.7 Å². The van der Waals surface area contributed by atoms with Crippen LogP contribution < -0.4 is 11.1 Å². The van der Waals surface area contributed by atoms with Crippen LogP contribution in [-0.2, 0) is 18.4 Å². The summed E-state index contributed by atoms with van der Waals surface area (Å²) in [6.07, 6.45) is 1.41. The molecule has 0 aliphatic rings. The first-order valence-corrected chi connectivity index (χ1v) is 5.00. The topological polar surface area (TPSA) is 104 Å². The van der Waals surface area contributed by atoms with Gasteiger partial charge in [0.15, 0.2) is 0 Å². The number of carbonyl (C=O) groups excluding carboxylic acids is 1. The minimum absolute atomic E-state index is 0.0639. The average Bonchev–Trinajstić information content (AvgIpc) is 2.74. The number of hydrogen-bond donors (Lipinski definition) is 2. The Morgan fingerprint density at radius 2 is 2.29 bits per heavy atom. The van der Waals surface area contributed by atoms with Crippen molar-refractivity contribution in [2.75, 3.05) is 11.1 Å². The number of anilines is 2. The van der Waals surface area contributed by atoms with Gasteiger partial charge in [0.25, 0.3) is 0 Å². The van der Waals surface area contributed by atoms with E-state index in [2.05, 4.69) is 20.5 Å². The lowest BCUT2D eigenvalue weighted by Gasteiger charge is -2.04. The lowest BCUT2D eigenvalue weighted by atomic mass is 10.4. The lowest BCUT2D eigenvalue weighted by Crippen LogP contribution is -2.20. The monoisotopic (exact) mass is 235 g/mol. The molecule has 0 aromatic carbocycles. The van der Waals surface area contributed by atoms with E-state index in [1.54, 1.807) is 17.8 Å². The molecule has 0 bridgehead atoms. The van der Waals surface area contributed by atoms with Crippen LogP contribution in [0.1, 0.15) is 5.69 Å². The SMILES string of the molecule is Cc1cc(NC(=O)Cn2cnc(N)n2)n(C)n1. The molecule has 0 unspecified atom stereocenters. The highest BCUT2D eigenvalue weighted by Gasteiger charge is 2.08. The van der Waals surface area contributed by atoms with E-state index in [0.717, 1.165) is 5.69 Å². The zero-order valence-corrected chi connectivity index (χ0v) is 9.58. The summed E-state index contributed by atoms with van der Waals surface area (Å²) < 4.78 is 2.97. The van der Waals surface area contributed by atoms with Gasteiger partial charge in [-0.15, -0.1) is 5.10 Å².